The highest BCUT2D eigenvalue weighted by Crippen LogP contribution is 2.31. The van der Waals surface area contributed by atoms with E-state index in [0.717, 1.165) is 28.4 Å². The Kier molecular flexibility index (Phi) is 6.38. The van der Waals surface area contributed by atoms with Gasteiger partial charge in [0.1, 0.15) is 0 Å². The van der Waals surface area contributed by atoms with Gasteiger partial charge in [0.2, 0.25) is 0 Å². The largest absolute Gasteiger partial charge is 0.322 e. The SMILES string of the molecule is CN(Sc1ccc(NC(=O)c2ccc3c(c2)CCCS3)cc1)c1cccc(Cl)c1. The Morgan fingerprint density at radius 3 is 2.72 bits per heavy atom. The first-order valence-corrected chi connectivity index (χ1v) is 11.6. The lowest BCUT2D eigenvalue weighted by Gasteiger charge is -2.18. The molecule has 6 heteroatoms. The van der Waals surface area contributed by atoms with E-state index >= 15 is 0 Å². The van der Waals surface area contributed by atoms with Gasteiger partial charge >= 0.3 is 0 Å². The molecule has 3 nitrogen and oxygen atoms in total. The molecule has 0 spiro atoms. The van der Waals surface area contributed by atoms with Crippen LogP contribution in [0.5, 0.6) is 0 Å². The molecule has 0 fully saturated rings. The molecular weight excluding hydrogens is 420 g/mol. The molecule has 1 amide bonds. The molecule has 0 bridgehead atoms. The summed E-state index contributed by atoms with van der Waals surface area (Å²) in [5.74, 6) is 1.09. The highest BCUT2D eigenvalue weighted by molar-refractivity contribution is 8.00. The molecule has 0 radical (unpaired) electrons. The molecule has 1 aliphatic heterocycles. The average Bonchev–Trinajstić information content (AvgIpc) is 2.74. The standard InChI is InChI=1S/C23H21ClN2OS2/c1-26(20-6-2-5-18(24)15-20)29-21-10-8-19(9-11-21)25-23(27)17-7-12-22-16(14-17)4-3-13-28-22/h2,5-12,14-15H,3-4,13H2,1H3,(H,25,27). The van der Waals surface area contributed by atoms with Gasteiger partial charge in [0.15, 0.2) is 0 Å². The first-order chi connectivity index (χ1) is 14.1. The summed E-state index contributed by atoms with van der Waals surface area (Å²) < 4.78 is 2.06. The minimum atomic E-state index is -0.0696. The minimum absolute atomic E-state index is 0.0696. The number of hydrogen-bond acceptors (Lipinski definition) is 4. The van der Waals surface area contributed by atoms with Gasteiger partial charge in [-0.25, -0.2) is 0 Å². The van der Waals surface area contributed by atoms with Crippen LogP contribution in [0.3, 0.4) is 0 Å². The van der Waals surface area contributed by atoms with Gasteiger partial charge in [-0.1, -0.05) is 17.7 Å². The number of aryl methyl sites for hydroxylation is 1. The second-order valence-electron chi connectivity index (χ2n) is 6.82. The Morgan fingerprint density at radius 2 is 1.93 bits per heavy atom. The van der Waals surface area contributed by atoms with Crippen LogP contribution in [0, 0.1) is 0 Å². The molecule has 1 aliphatic rings. The van der Waals surface area contributed by atoms with Gasteiger partial charge in [-0.3, -0.25) is 4.79 Å². The van der Waals surface area contributed by atoms with Crippen molar-refractivity contribution in [2.75, 3.05) is 22.4 Å². The maximum Gasteiger partial charge on any atom is 0.255 e. The van der Waals surface area contributed by atoms with Crippen molar-refractivity contribution in [1.82, 2.24) is 0 Å². The van der Waals surface area contributed by atoms with Crippen molar-refractivity contribution in [3.63, 3.8) is 0 Å². The summed E-state index contributed by atoms with van der Waals surface area (Å²) in [5, 5.41) is 3.72. The fourth-order valence-corrected chi connectivity index (χ4v) is 5.18. The molecular formula is C23H21ClN2OS2. The summed E-state index contributed by atoms with van der Waals surface area (Å²) in [6.07, 6.45) is 2.22. The number of nitrogens with zero attached hydrogens (tertiary/aromatic N) is 1. The maximum absolute atomic E-state index is 12.6. The molecule has 1 N–H and O–H groups in total. The molecule has 4 rings (SSSR count). The summed E-state index contributed by atoms with van der Waals surface area (Å²) >= 11 is 9.55. The van der Waals surface area contributed by atoms with E-state index in [2.05, 4.69) is 15.7 Å². The zero-order valence-corrected chi connectivity index (χ0v) is 18.4. The lowest BCUT2D eigenvalue weighted by atomic mass is 10.1. The summed E-state index contributed by atoms with van der Waals surface area (Å²) in [5.41, 5.74) is 3.82. The van der Waals surface area contributed by atoms with Crippen LogP contribution in [-0.2, 0) is 6.42 Å². The van der Waals surface area contributed by atoms with Gasteiger partial charge in [0.05, 0.1) is 0 Å². The number of carbonyl (C=O) groups excluding carboxylic acids is 1. The number of anilines is 2. The summed E-state index contributed by atoms with van der Waals surface area (Å²) in [6.45, 7) is 0. The third-order valence-corrected chi connectivity index (χ3v) is 7.10. The molecule has 0 saturated carbocycles. The number of carbonyl (C=O) groups is 1. The van der Waals surface area contributed by atoms with E-state index in [1.54, 1.807) is 11.9 Å². The number of thioether (sulfide) groups is 1. The molecule has 0 atom stereocenters. The first-order valence-electron chi connectivity index (χ1n) is 9.43. The van der Waals surface area contributed by atoms with Crippen LogP contribution in [0.4, 0.5) is 11.4 Å². The predicted octanol–water partition coefficient (Wildman–Crippen LogP) is 6.77. The van der Waals surface area contributed by atoms with Crippen LogP contribution in [0.2, 0.25) is 5.02 Å². The monoisotopic (exact) mass is 440 g/mol. The van der Waals surface area contributed by atoms with E-state index in [1.807, 2.05) is 79.5 Å². The van der Waals surface area contributed by atoms with Gasteiger partial charge < -0.3 is 9.62 Å². The van der Waals surface area contributed by atoms with Crippen molar-refractivity contribution in [1.29, 1.82) is 0 Å². The van der Waals surface area contributed by atoms with Crippen molar-refractivity contribution in [3.8, 4) is 0 Å². The van der Waals surface area contributed by atoms with Crippen LogP contribution in [0.15, 0.2) is 76.5 Å². The van der Waals surface area contributed by atoms with E-state index in [0.29, 0.717) is 10.6 Å². The van der Waals surface area contributed by atoms with Gasteiger partial charge in [0, 0.05) is 38.8 Å². The van der Waals surface area contributed by atoms with Crippen molar-refractivity contribution < 1.29 is 4.79 Å². The van der Waals surface area contributed by atoms with Gasteiger partial charge in [0.25, 0.3) is 5.91 Å². The van der Waals surface area contributed by atoms with Crippen molar-refractivity contribution in [2.24, 2.45) is 0 Å². The van der Waals surface area contributed by atoms with Crippen molar-refractivity contribution in [2.45, 2.75) is 22.6 Å². The molecule has 29 heavy (non-hydrogen) atoms. The van der Waals surface area contributed by atoms with Crippen LogP contribution >= 0.6 is 35.3 Å². The number of benzene rings is 3. The Morgan fingerprint density at radius 1 is 1.10 bits per heavy atom. The average molecular weight is 441 g/mol. The van der Waals surface area contributed by atoms with Crippen LogP contribution in [0.1, 0.15) is 22.3 Å². The predicted molar refractivity (Wildman–Crippen MR) is 126 cm³/mol. The van der Waals surface area contributed by atoms with Crippen LogP contribution < -0.4 is 9.62 Å². The first kappa shape index (κ1) is 20.2. The highest BCUT2D eigenvalue weighted by atomic mass is 35.5. The van der Waals surface area contributed by atoms with Crippen LogP contribution in [-0.4, -0.2) is 18.7 Å². The zero-order chi connectivity index (χ0) is 20.2. The number of fused-ring (bicyclic) bond motifs is 1. The smallest absolute Gasteiger partial charge is 0.255 e. The quantitative estimate of drug-likeness (QED) is 0.443. The molecule has 0 saturated heterocycles. The number of nitrogens with one attached hydrogen (secondary N) is 1. The number of rotatable bonds is 5. The van der Waals surface area contributed by atoms with E-state index < -0.39 is 0 Å². The van der Waals surface area contributed by atoms with E-state index in [4.69, 9.17) is 11.6 Å². The summed E-state index contributed by atoms with van der Waals surface area (Å²) in [7, 11) is 2.00. The molecule has 0 unspecified atom stereocenters. The normalized spacial score (nSPS) is 12.9. The van der Waals surface area contributed by atoms with E-state index in [1.165, 1.54) is 16.9 Å². The van der Waals surface area contributed by atoms with Crippen LogP contribution in [0.25, 0.3) is 0 Å². The minimum Gasteiger partial charge on any atom is -0.322 e. The van der Waals surface area contributed by atoms with E-state index in [-0.39, 0.29) is 5.91 Å². The van der Waals surface area contributed by atoms with Gasteiger partial charge in [-0.2, -0.15) is 0 Å². The molecule has 0 aromatic heterocycles. The van der Waals surface area contributed by atoms with Gasteiger partial charge in [-0.05, 0) is 96.8 Å². The number of hydrogen-bond donors (Lipinski definition) is 1. The molecule has 3 aromatic carbocycles. The Hall–Kier alpha value is -2.08. The summed E-state index contributed by atoms with van der Waals surface area (Å²) in [4.78, 5) is 15.0. The Bertz CT molecular complexity index is 1020. The zero-order valence-electron chi connectivity index (χ0n) is 16.0. The summed E-state index contributed by atoms with van der Waals surface area (Å²) in [6, 6.07) is 21.6. The second-order valence-corrected chi connectivity index (χ2v) is 9.60. The topological polar surface area (TPSA) is 32.3 Å². The molecule has 148 valence electrons. The van der Waals surface area contributed by atoms with Crippen molar-refractivity contribution >= 4 is 52.6 Å². The lowest BCUT2D eigenvalue weighted by Crippen LogP contribution is -2.13. The Labute approximate surface area is 185 Å². The fraction of sp³-hybridized carbons (Fsp3) is 0.174. The van der Waals surface area contributed by atoms with Gasteiger partial charge in [-0.15, -0.1) is 11.8 Å². The number of halogens is 1. The fourth-order valence-electron chi connectivity index (χ4n) is 3.19. The van der Waals surface area contributed by atoms with Crippen molar-refractivity contribution in [3.05, 3.63) is 82.9 Å². The third-order valence-electron chi connectivity index (χ3n) is 4.70. The molecule has 0 aliphatic carbocycles. The highest BCUT2D eigenvalue weighted by Gasteiger charge is 2.13. The molecule has 3 aromatic rings. The lowest BCUT2D eigenvalue weighted by molar-refractivity contribution is 0.102. The molecule has 1 heterocycles. The third kappa shape index (κ3) is 5.10. The van der Waals surface area contributed by atoms with E-state index in [9.17, 15) is 4.79 Å². The maximum atomic E-state index is 12.6. The number of amides is 1. The second kappa shape index (κ2) is 9.16. The Balaban J connectivity index is 1.39.